The second-order valence-electron chi connectivity index (χ2n) is 4.88. The zero-order chi connectivity index (χ0) is 17.0. The largest absolute Gasteiger partial charge is 0.412 e. The van der Waals surface area contributed by atoms with E-state index in [0.29, 0.717) is 5.56 Å². The zero-order valence-electron chi connectivity index (χ0n) is 12.8. The number of nitrogens with two attached hydrogens (primary N) is 1. The van der Waals surface area contributed by atoms with E-state index in [9.17, 15) is 19.2 Å². The molecule has 0 saturated heterocycles. The van der Waals surface area contributed by atoms with Gasteiger partial charge in [-0.25, -0.2) is 5.84 Å². The maximum absolute atomic E-state index is 11.0. The standard InChI is InChI=1S/C9H4O3.C8H10N2O.H2O/c10-7-5-3-1-2-4-6(5)8(11)9(7)12;1-6-3-2-4-7(5-6)8(11)10-9;/h1-4H;2-5H,9H2,1H3,(H,10,11);1H2. The predicted octanol–water partition coefficient (Wildman–Crippen LogP) is -0.430. The normalized spacial score (nSPS) is 9.58. The fourth-order valence-electron chi connectivity index (χ4n) is 2.10. The minimum atomic E-state index is -0.920. The van der Waals surface area contributed by atoms with E-state index in [4.69, 9.17) is 5.84 Å². The Balaban J connectivity index is 0.000000232. The number of hydrogen-bond donors (Lipinski definition) is 2. The topological polar surface area (TPSA) is 138 Å². The van der Waals surface area contributed by atoms with Crippen LogP contribution in [0.4, 0.5) is 0 Å². The second kappa shape index (κ2) is 7.91. The van der Waals surface area contributed by atoms with Crippen LogP contribution < -0.4 is 27.6 Å². The number of nitrogens with one attached hydrogen (secondary N) is 1. The number of amides is 1. The molecule has 3 rings (SSSR count). The SMILES string of the molecule is Cc1cccc(C(=O)NN)c1.O.O=c1c(=O)c2ccccc2c1=O. The van der Waals surface area contributed by atoms with E-state index < -0.39 is 16.3 Å². The van der Waals surface area contributed by atoms with Gasteiger partial charge in [0.1, 0.15) is 0 Å². The van der Waals surface area contributed by atoms with Gasteiger partial charge in [-0.05, 0) is 19.1 Å². The van der Waals surface area contributed by atoms with E-state index in [2.05, 4.69) is 5.43 Å². The fourth-order valence-corrected chi connectivity index (χ4v) is 2.10. The van der Waals surface area contributed by atoms with Crippen LogP contribution >= 0.6 is 0 Å². The average Bonchev–Trinajstić information content (AvgIpc) is 2.80. The van der Waals surface area contributed by atoms with Gasteiger partial charge < -0.3 is 5.48 Å². The molecule has 0 unspecified atom stereocenters. The molecule has 0 bridgehead atoms. The Morgan fingerprint density at radius 1 is 0.875 bits per heavy atom. The van der Waals surface area contributed by atoms with Crippen molar-refractivity contribution in [3.63, 3.8) is 0 Å². The lowest BCUT2D eigenvalue weighted by atomic mass is 10.1. The molecule has 7 nitrogen and oxygen atoms in total. The van der Waals surface area contributed by atoms with Gasteiger partial charge >= 0.3 is 0 Å². The van der Waals surface area contributed by atoms with Crippen molar-refractivity contribution < 1.29 is 10.3 Å². The molecule has 24 heavy (non-hydrogen) atoms. The maximum Gasteiger partial charge on any atom is 0.273 e. The summed E-state index contributed by atoms with van der Waals surface area (Å²) in [7, 11) is 0. The van der Waals surface area contributed by atoms with Crippen molar-refractivity contribution in [2.75, 3.05) is 0 Å². The quantitative estimate of drug-likeness (QED) is 0.270. The Kier molecular flexibility index (Phi) is 6.22. The van der Waals surface area contributed by atoms with Gasteiger partial charge in [-0.3, -0.25) is 24.6 Å². The molecule has 0 aliphatic heterocycles. The van der Waals surface area contributed by atoms with Crippen LogP contribution in [0.3, 0.4) is 0 Å². The van der Waals surface area contributed by atoms with Crippen LogP contribution in [0, 0.1) is 6.92 Å². The number of benzene rings is 2. The van der Waals surface area contributed by atoms with Crippen LogP contribution in [0.15, 0.2) is 62.9 Å². The van der Waals surface area contributed by atoms with Crippen molar-refractivity contribution in [1.82, 2.24) is 5.43 Å². The Labute approximate surface area is 136 Å². The predicted molar refractivity (Wildman–Crippen MR) is 91.6 cm³/mol. The highest BCUT2D eigenvalue weighted by Crippen LogP contribution is 2.02. The maximum atomic E-state index is 11.0. The van der Waals surface area contributed by atoms with Crippen molar-refractivity contribution in [1.29, 1.82) is 0 Å². The molecule has 7 heteroatoms. The first-order chi connectivity index (χ1) is 11.0. The monoisotopic (exact) mass is 328 g/mol. The number of aryl methyl sites for hydroxylation is 1. The molecule has 0 fully saturated rings. The molecule has 124 valence electrons. The van der Waals surface area contributed by atoms with Gasteiger partial charge in [-0.15, -0.1) is 0 Å². The van der Waals surface area contributed by atoms with Crippen molar-refractivity contribution in [2.45, 2.75) is 6.92 Å². The Morgan fingerprint density at radius 3 is 1.88 bits per heavy atom. The molecule has 3 aromatic carbocycles. The molecule has 0 spiro atoms. The minimum absolute atomic E-state index is 0. The molecular formula is C17H16N2O5. The minimum Gasteiger partial charge on any atom is -0.412 e. The molecule has 0 saturated carbocycles. The van der Waals surface area contributed by atoms with Gasteiger partial charge in [0.15, 0.2) is 0 Å². The summed E-state index contributed by atoms with van der Waals surface area (Å²) >= 11 is 0. The first kappa shape index (κ1) is 18.9. The molecule has 5 N–H and O–H groups in total. The van der Waals surface area contributed by atoms with Crippen LogP contribution in [0.25, 0.3) is 10.8 Å². The van der Waals surface area contributed by atoms with E-state index in [1.807, 2.05) is 19.1 Å². The molecular weight excluding hydrogens is 312 g/mol. The number of rotatable bonds is 1. The third kappa shape index (κ3) is 3.78. The Bertz CT molecular complexity index is 954. The van der Waals surface area contributed by atoms with Crippen LogP contribution in [0.2, 0.25) is 0 Å². The summed E-state index contributed by atoms with van der Waals surface area (Å²) in [5, 5.41) is 0.458. The van der Waals surface area contributed by atoms with Crippen LogP contribution in [-0.4, -0.2) is 11.4 Å². The van der Waals surface area contributed by atoms with Gasteiger partial charge in [0.2, 0.25) is 10.9 Å². The number of hydrazine groups is 1. The molecule has 0 heterocycles. The summed E-state index contributed by atoms with van der Waals surface area (Å²) in [6.45, 7) is 1.92. The van der Waals surface area contributed by atoms with E-state index in [0.717, 1.165) is 5.56 Å². The van der Waals surface area contributed by atoms with Gasteiger partial charge in [-0.1, -0.05) is 42.0 Å². The highest BCUT2D eigenvalue weighted by molar-refractivity contribution is 5.93. The zero-order valence-corrected chi connectivity index (χ0v) is 12.8. The summed E-state index contributed by atoms with van der Waals surface area (Å²) in [5.74, 6) is 4.70. The second-order valence-corrected chi connectivity index (χ2v) is 4.88. The van der Waals surface area contributed by atoms with Gasteiger partial charge in [0.25, 0.3) is 11.3 Å². The Hall–Kier alpha value is -3.16. The van der Waals surface area contributed by atoms with Gasteiger partial charge in [0.05, 0.1) is 0 Å². The summed E-state index contributed by atoms with van der Waals surface area (Å²) in [5.41, 5.74) is 1.42. The van der Waals surface area contributed by atoms with E-state index in [-0.39, 0.29) is 22.2 Å². The number of carbonyl (C=O) groups excluding carboxylic acids is 1. The smallest absolute Gasteiger partial charge is 0.273 e. The molecule has 0 atom stereocenters. The molecule has 1 amide bonds. The number of hydrogen-bond acceptors (Lipinski definition) is 5. The molecule has 0 aliphatic carbocycles. The molecule has 3 aromatic rings. The lowest BCUT2D eigenvalue weighted by molar-refractivity contribution is 0.0953. The lowest BCUT2D eigenvalue weighted by Gasteiger charge is -1.98. The highest BCUT2D eigenvalue weighted by Gasteiger charge is 2.09. The fraction of sp³-hybridized carbons (Fsp3) is 0.0588. The van der Waals surface area contributed by atoms with Gasteiger partial charge in [-0.2, -0.15) is 0 Å². The lowest BCUT2D eigenvalue weighted by Crippen LogP contribution is -2.29. The Morgan fingerprint density at radius 2 is 1.42 bits per heavy atom. The van der Waals surface area contributed by atoms with Crippen LogP contribution in [0.5, 0.6) is 0 Å². The number of carbonyl (C=O) groups is 1. The molecule has 0 aromatic heterocycles. The van der Waals surface area contributed by atoms with Crippen LogP contribution in [0.1, 0.15) is 15.9 Å². The van der Waals surface area contributed by atoms with Crippen LogP contribution in [-0.2, 0) is 0 Å². The summed E-state index contributed by atoms with van der Waals surface area (Å²) in [4.78, 5) is 43.9. The summed E-state index contributed by atoms with van der Waals surface area (Å²) < 4.78 is 0. The number of nitrogen functional groups attached to an aromatic ring is 1. The van der Waals surface area contributed by atoms with Crippen molar-refractivity contribution >= 4 is 16.7 Å². The highest BCUT2D eigenvalue weighted by atomic mass is 16.2. The summed E-state index contributed by atoms with van der Waals surface area (Å²) in [6, 6.07) is 13.5. The average molecular weight is 328 g/mol. The first-order valence-electron chi connectivity index (χ1n) is 6.75. The molecule has 0 radical (unpaired) electrons. The third-order valence-corrected chi connectivity index (χ3v) is 3.24. The first-order valence-corrected chi connectivity index (χ1v) is 6.75. The molecule has 0 aliphatic rings. The van der Waals surface area contributed by atoms with Gasteiger partial charge in [0, 0.05) is 16.3 Å². The van der Waals surface area contributed by atoms with E-state index in [1.54, 1.807) is 24.3 Å². The third-order valence-electron chi connectivity index (χ3n) is 3.24. The number of fused-ring (bicyclic) bond motifs is 1. The van der Waals surface area contributed by atoms with E-state index >= 15 is 0 Å². The van der Waals surface area contributed by atoms with Crippen molar-refractivity contribution in [2.24, 2.45) is 5.84 Å². The van der Waals surface area contributed by atoms with Crippen molar-refractivity contribution in [3.8, 4) is 0 Å². The van der Waals surface area contributed by atoms with Crippen molar-refractivity contribution in [3.05, 3.63) is 90.3 Å². The summed E-state index contributed by atoms with van der Waals surface area (Å²) in [6.07, 6.45) is 0. The van der Waals surface area contributed by atoms with E-state index in [1.165, 1.54) is 12.1 Å².